The molecule has 132 valence electrons. The van der Waals surface area contributed by atoms with Crippen molar-refractivity contribution in [1.82, 2.24) is 14.8 Å². The van der Waals surface area contributed by atoms with Crippen LogP contribution in [0.2, 0.25) is 0 Å². The van der Waals surface area contributed by atoms with Crippen LogP contribution in [0.1, 0.15) is 32.4 Å². The second-order valence-corrected chi connectivity index (χ2v) is 5.98. The minimum absolute atomic E-state index is 0.0195. The van der Waals surface area contributed by atoms with E-state index in [4.69, 9.17) is 9.47 Å². The molecule has 0 bridgehead atoms. The van der Waals surface area contributed by atoms with Crippen LogP contribution in [0.15, 0.2) is 35.8 Å². The van der Waals surface area contributed by atoms with Crippen LogP contribution in [0.5, 0.6) is 11.5 Å². The quantitative estimate of drug-likeness (QED) is 0.821. The van der Waals surface area contributed by atoms with Crippen LogP contribution in [0, 0.1) is 0 Å². The Bertz CT molecular complexity index is 841. The van der Waals surface area contributed by atoms with Crippen LogP contribution in [-0.4, -0.2) is 39.1 Å². The summed E-state index contributed by atoms with van der Waals surface area (Å²) in [6, 6.07) is 4.37. The van der Waals surface area contributed by atoms with E-state index >= 15 is 0 Å². The van der Waals surface area contributed by atoms with Gasteiger partial charge in [0, 0.05) is 5.70 Å². The zero-order chi connectivity index (χ0) is 18.1. The van der Waals surface area contributed by atoms with Gasteiger partial charge in [0.15, 0.2) is 11.5 Å². The topological polar surface area (TPSA) is 98.5 Å². The van der Waals surface area contributed by atoms with Crippen molar-refractivity contribution in [2.45, 2.75) is 32.9 Å². The Morgan fingerprint density at radius 2 is 2.16 bits per heavy atom. The fourth-order valence-corrected chi connectivity index (χ4v) is 2.81. The van der Waals surface area contributed by atoms with E-state index < -0.39 is 12.0 Å². The van der Waals surface area contributed by atoms with Crippen molar-refractivity contribution in [3.63, 3.8) is 0 Å². The average Bonchev–Trinajstić information content (AvgIpc) is 3.01. The Balaban J connectivity index is 2.14. The highest BCUT2D eigenvalue weighted by Crippen LogP contribution is 2.38. The van der Waals surface area contributed by atoms with Gasteiger partial charge >= 0.3 is 5.97 Å². The first kappa shape index (κ1) is 16.8. The number of phenolic OH excluding ortho intramolecular Hbond substituents is 1. The smallest absolute Gasteiger partial charge is 0.338 e. The number of hydrogen-bond donors (Lipinski definition) is 2. The monoisotopic (exact) mass is 344 g/mol. The van der Waals surface area contributed by atoms with E-state index in [0.29, 0.717) is 23.0 Å². The average molecular weight is 344 g/mol. The van der Waals surface area contributed by atoms with E-state index in [2.05, 4.69) is 15.4 Å². The summed E-state index contributed by atoms with van der Waals surface area (Å²) in [6.45, 7) is 5.38. The van der Waals surface area contributed by atoms with Crippen molar-refractivity contribution >= 4 is 11.9 Å². The lowest BCUT2D eigenvalue weighted by molar-refractivity contribution is -0.143. The third-order valence-corrected chi connectivity index (χ3v) is 3.88. The second kappa shape index (κ2) is 6.46. The predicted octanol–water partition coefficient (Wildman–Crippen LogP) is 2.23. The first-order chi connectivity index (χ1) is 11.9. The maximum absolute atomic E-state index is 12.7. The lowest BCUT2D eigenvalue weighted by Gasteiger charge is -2.28. The molecular weight excluding hydrogens is 324 g/mol. The zero-order valence-electron chi connectivity index (χ0n) is 14.5. The molecule has 2 aromatic rings. The van der Waals surface area contributed by atoms with Gasteiger partial charge in [0.05, 0.1) is 18.8 Å². The van der Waals surface area contributed by atoms with E-state index in [1.165, 1.54) is 19.5 Å². The number of phenols is 1. The Kier molecular flexibility index (Phi) is 4.35. The maximum atomic E-state index is 12.7. The third-order valence-electron chi connectivity index (χ3n) is 3.88. The fraction of sp³-hybridized carbons (Fsp3) is 0.353. The molecule has 1 aliphatic heterocycles. The van der Waals surface area contributed by atoms with Gasteiger partial charge < -0.3 is 19.9 Å². The maximum Gasteiger partial charge on any atom is 0.338 e. The standard InChI is InChI=1S/C17H20N4O4/c1-9(2)25-16(23)14-10(3)20-17-18-8-19-21(17)15(14)11-5-6-12(22)13(7-11)24-4/h5-9,15,22H,1-4H3,(H,18,19,20)/t15-/m1/s1. The molecule has 8 heteroatoms. The molecule has 0 fully saturated rings. The number of fused-ring (bicyclic) bond motifs is 1. The van der Waals surface area contributed by atoms with Crippen molar-refractivity contribution in [2.75, 3.05) is 12.4 Å². The van der Waals surface area contributed by atoms with Crippen LogP contribution in [-0.2, 0) is 9.53 Å². The number of nitrogens with one attached hydrogen (secondary N) is 1. The number of hydrogen-bond acceptors (Lipinski definition) is 7. The van der Waals surface area contributed by atoms with Gasteiger partial charge in [-0.1, -0.05) is 6.07 Å². The summed E-state index contributed by atoms with van der Waals surface area (Å²) >= 11 is 0. The molecule has 0 saturated heterocycles. The number of methoxy groups -OCH3 is 1. The molecule has 0 amide bonds. The number of anilines is 1. The summed E-state index contributed by atoms with van der Waals surface area (Å²) in [6.07, 6.45) is 1.16. The summed E-state index contributed by atoms with van der Waals surface area (Å²) in [4.78, 5) is 16.9. The third kappa shape index (κ3) is 3.02. The zero-order valence-corrected chi connectivity index (χ0v) is 14.5. The van der Waals surface area contributed by atoms with Crippen LogP contribution >= 0.6 is 0 Å². The Morgan fingerprint density at radius 3 is 2.84 bits per heavy atom. The second-order valence-electron chi connectivity index (χ2n) is 5.98. The lowest BCUT2D eigenvalue weighted by Crippen LogP contribution is -2.30. The van der Waals surface area contributed by atoms with Gasteiger partial charge in [-0.15, -0.1) is 0 Å². The van der Waals surface area contributed by atoms with E-state index in [0.717, 1.165) is 5.56 Å². The molecule has 0 unspecified atom stereocenters. The van der Waals surface area contributed by atoms with Crippen molar-refractivity contribution in [2.24, 2.45) is 0 Å². The minimum atomic E-state index is -0.542. The number of carbonyl (C=O) groups excluding carboxylic acids is 1. The van der Waals surface area contributed by atoms with Gasteiger partial charge in [0.2, 0.25) is 5.95 Å². The normalized spacial score (nSPS) is 16.4. The fourth-order valence-electron chi connectivity index (χ4n) is 2.81. The summed E-state index contributed by atoms with van der Waals surface area (Å²) in [5, 5.41) is 17.2. The molecule has 0 radical (unpaired) electrons. The minimum Gasteiger partial charge on any atom is -0.504 e. The summed E-state index contributed by atoms with van der Waals surface area (Å²) in [7, 11) is 1.47. The summed E-state index contributed by atoms with van der Waals surface area (Å²) in [5.41, 5.74) is 1.79. The molecule has 1 aliphatic rings. The number of aromatic hydroxyl groups is 1. The molecule has 8 nitrogen and oxygen atoms in total. The number of allylic oxidation sites excluding steroid dienone is 1. The van der Waals surface area contributed by atoms with Crippen molar-refractivity contribution in [1.29, 1.82) is 0 Å². The largest absolute Gasteiger partial charge is 0.504 e. The first-order valence-electron chi connectivity index (χ1n) is 7.87. The van der Waals surface area contributed by atoms with Crippen LogP contribution in [0.4, 0.5) is 5.95 Å². The van der Waals surface area contributed by atoms with Crippen LogP contribution in [0.25, 0.3) is 0 Å². The molecule has 2 N–H and O–H groups in total. The number of nitrogens with zero attached hydrogens (tertiary/aromatic N) is 3. The highest BCUT2D eigenvalue weighted by molar-refractivity contribution is 5.92. The van der Waals surface area contributed by atoms with Gasteiger partial charge in [-0.05, 0) is 38.5 Å². The Hall–Kier alpha value is -3.03. The van der Waals surface area contributed by atoms with Crippen LogP contribution in [0.3, 0.4) is 0 Å². The molecule has 2 heterocycles. The highest BCUT2D eigenvalue weighted by atomic mass is 16.5. The molecule has 0 aliphatic carbocycles. The Morgan fingerprint density at radius 1 is 1.40 bits per heavy atom. The van der Waals surface area contributed by atoms with Gasteiger partial charge in [-0.2, -0.15) is 10.1 Å². The van der Waals surface area contributed by atoms with Gasteiger partial charge in [0.25, 0.3) is 0 Å². The van der Waals surface area contributed by atoms with Gasteiger partial charge in [-0.25, -0.2) is 9.48 Å². The lowest BCUT2D eigenvalue weighted by atomic mass is 9.95. The number of aromatic nitrogens is 3. The van der Waals surface area contributed by atoms with Crippen molar-refractivity contribution < 1.29 is 19.4 Å². The van der Waals surface area contributed by atoms with E-state index in [9.17, 15) is 9.90 Å². The highest BCUT2D eigenvalue weighted by Gasteiger charge is 2.35. The van der Waals surface area contributed by atoms with Crippen LogP contribution < -0.4 is 10.1 Å². The SMILES string of the molecule is COc1cc([C@@H]2C(C(=O)OC(C)C)=C(C)Nc3ncnn32)ccc1O. The molecule has 1 atom stereocenters. The van der Waals surface area contributed by atoms with Crippen molar-refractivity contribution in [3.05, 3.63) is 41.4 Å². The molecule has 1 aromatic heterocycles. The molecular formula is C17H20N4O4. The molecule has 0 saturated carbocycles. The first-order valence-corrected chi connectivity index (χ1v) is 7.87. The molecule has 0 spiro atoms. The number of benzene rings is 1. The summed E-state index contributed by atoms with van der Waals surface area (Å²) < 4.78 is 12.2. The molecule has 3 rings (SSSR count). The number of ether oxygens (including phenoxy) is 2. The molecule has 1 aromatic carbocycles. The van der Waals surface area contributed by atoms with E-state index in [-0.39, 0.29) is 11.9 Å². The van der Waals surface area contributed by atoms with Crippen molar-refractivity contribution in [3.8, 4) is 11.5 Å². The Labute approximate surface area is 145 Å². The van der Waals surface area contributed by atoms with Gasteiger partial charge in [0.1, 0.15) is 12.4 Å². The number of rotatable bonds is 4. The molecule has 25 heavy (non-hydrogen) atoms. The summed E-state index contributed by atoms with van der Waals surface area (Å²) in [5.74, 6) is 0.423. The predicted molar refractivity (Wildman–Crippen MR) is 90.4 cm³/mol. The van der Waals surface area contributed by atoms with E-state index in [1.807, 2.05) is 0 Å². The van der Waals surface area contributed by atoms with Gasteiger partial charge in [-0.3, -0.25) is 0 Å². The number of carbonyl (C=O) groups is 1. The number of esters is 1. The van der Waals surface area contributed by atoms with E-state index in [1.54, 1.807) is 37.6 Å².